The van der Waals surface area contributed by atoms with Crippen molar-refractivity contribution in [3.63, 3.8) is 0 Å². The lowest BCUT2D eigenvalue weighted by Crippen LogP contribution is -2.49. The second-order valence-corrected chi connectivity index (χ2v) is 8.12. The first-order valence-corrected chi connectivity index (χ1v) is 10.8. The van der Waals surface area contributed by atoms with Gasteiger partial charge in [-0.2, -0.15) is 0 Å². The normalized spacial score (nSPS) is 20.5. The summed E-state index contributed by atoms with van der Waals surface area (Å²) in [5.74, 6) is 0.929. The fraction of sp³-hybridized carbons (Fsp3) is 0.667. The maximum atomic E-state index is 6.18. The molecule has 2 N–H and O–H groups in total. The van der Waals surface area contributed by atoms with Gasteiger partial charge in [-0.3, -0.25) is 9.89 Å². The third-order valence-electron chi connectivity index (χ3n) is 5.81. The molecule has 2 aliphatic rings. The van der Waals surface area contributed by atoms with Gasteiger partial charge >= 0.3 is 0 Å². The Labute approximate surface area is 169 Å². The lowest BCUT2D eigenvalue weighted by atomic mass is 9.96. The number of hydrogen-bond donors (Lipinski definition) is 2. The second-order valence-electron chi connectivity index (χ2n) is 7.69. The van der Waals surface area contributed by atoms with Crippen LogP contribution in [0.5, 0.6) is 0 Å². The summed E-state index contributed by atoms with van der Waals surface area (Å²) in [6.07, 6.45) is 2.38. The predicted octanol–water partition coefficient (Wildman–Crippen LogP) is 2.56. The molecule has 0 spiro atoms. The van der Waals surface area contributed by atoms with Crippen molar-refractivity contribution in [1.29, 1.82) is 0 Å². The van der Waals surface area contributed by atoms with E-state index < -0.39 is 0 Å². The average molecular weight is 392 g/mol. The van der Waals surface area contributed by atoms with Crippen LogP contribution in [0.3, 0.4) is 0 Å². The largest absolute Gasteiger partial charge is 0.357 e. The molecule has 1 aliphatic heterocycles. The summed E-state index contributed by atoms with van der Waals surface area (Å²) in [4.78, 5) is 9.94. The van der Waals surface area contributed by atoms with Crippen molar-refractivity contribution in [3.05, 3.63) is 34.9 Å². The van der Waals surface area contributed by atoms with Gasteiger partial charge in [-0.05, 0) is 44.0 Å². The van der Waals surface area contributed by atoms with Crippen molar-refractivity contribution in [1.82, 2.24) is 20.4 Å². The SMILES string of the molecule is CCNC(=NCC1(c2cccc(Cl)c2)CC1)NCCN1CCN(CC)CC1. The quantitative estimate of drug-likeness (QED) is 0.528. The van der Waals surface area contributed by atoms with E-state index in [0.29, 0.717) is 0 Å². The lowest BCUT2D eigenvalue weighted by molar-refractivity contribution is 0.139. The van der Waals surface area contributed by atoms with Gasteiger partial charge < -0.3 is 15.5 Å². The van der Waals surface area contributed by atoms with E-state index in [4.69, 9.17) is 16.6 Å². The fourth-order valence-corrected chi connectivity index (χ4v) is 3.93. The Morgan fingerprint density at radius 3 is 2.48 bits per heavy atom. The number of guanidine groups is 1. The first-order valence-electron chi connectivity index (χ1n) is 10.4. The number of likely N-dealkylation sites (N-methyl/N-ethyl adjacent to an activating group) is 1. The van der Waals surface area contributed by atoms with Crippen LogP contribution in [0.4, 0.5) is 0 Å². The highest BCUT2D eigenvalue weighted by molar-refractivity contribution is 6.30. The molecule has 0 atom stereocenters. The van der Waals surface area contributed by atoms with Crippen LogP contribution in [0, 0.1) is 0 Å². The number of piperazine rings is 1. The standard InChI is InChI=1S/C21H34ClN5/c1-3-23-20(24-10-11-27-14-12-26(4-2)13-15-27)25-17-21(8-9-21)18-6-5-7-19(22)16-18/h5-7,16H,3-4,8-15,17H2,1-2H3,(H2,23,24,25). The third-order valence-corrected chi connectivity index (χ3v) is 6.04. The summed E-state index contributed by atoms with van der Waals surface area (Å²) < 4.78 is 0. The smallest absolute Gasteiger partial charge is 0.191 e. The molecule has 0 radical (unpaired) electrons. The van der Waals surface area contributed by atoms with Crippen LogP contribution in [0.1, 0.15) is 32.3 Å². The summed E-state index contributed by atoms with van der Waals surface area (Å²) >= 11 is 6.18. The number of nitrogens with zero attached hydrogens (tertiary/aromatic N) is 3. The Bertz CT molecular complexity index is 621. The van der Waals surface area contributed by atoms with E-state index >= 15 is 0 Å². The number of hydrogen-bond acceptors (Lipinski definition) is 3. The van der Waals surface area contributed by atoms with Crippen molar-refractivity contribution in [2.75, 3.05) is 58.9 Å². The summed E-state index contributed by atoms with van der Waals surface area (Å²) in [7, 11) is 0. The molecule has 1 aliphatic carbocycles. The molecule has 27 heavy (non-hydrogen) atoms. The maximum absolute atomic E-state index is 6.18. The van der Waals surface area contributed by atoms with E-state index in [1.165, 1.54) is 44.6 Å². The van der Waals surface area contributed by atoms with E-state index in [9.17, 15) is 0 Å². The van der Waals surface area contributed by atoms with Crippen LogP contribution in [-0.2, 0) is 5.41 Å². The molecule has 0 aromatic heterocycles. The minimum absolute atomic E-state index is 0.184. The first-order chi connectivity index (χ1) is 13.1. The molecule has 6 heteroatoms. The minimum Gasteiger partial charge on any atom is -0.357 e. The summed E-state index contributed by atoms with van der Waals surface area (Å²) in [6, 6.07) is 8.27. The van der Waals surface area contributed by atoms with Crippen molar-refractivity contribution in [2.24, 2.45) is 4.99 Å². The molecule has 1 aromatic carbocycles. The molecule has 150 valence electrons. The topological polar surface area (TPSA) is 42.9 Å². The highest BCUT2D eigenvalue weighted by atomic mass is 35.5. The zero-order chi connectivity index (χ0) is 19.1. The van der Waals surface area contributed by atoms with Gasteiger partial charge in [0.05, 0.1) is 6.54 Å². The minimum atomic E-state index is 0.184. The second kappa shape index (κ2) is 9.76. The van der Waals surface area contributed by atoms with Crippen LogP contribution in [-0.4, -0.2) is 74.7 Å². The van der Waals surface area contributed by atoms with Gasteiger partial charge in [-0.25, -0.2) is 0 Å². The Kier molecular flexibility index (Phi) is 7.39. The fourth-order valence-electron chi connectivity index (χ4n) is 3.74. The molecule has 3 rings (SSSR count). The van der Waals surface area contributed by atoms with Crippen molar-refractivity contribution in [2.45, 2.75) is 32.1 Å². The van der Waals surface area contributed by atoms with Gasteiger partial charge in [0, 0.05) is 56.3 Å². The van der Waals surface area contributed by atoms with Gasteiger partial charge in [0.1, 0.15) is 0 Å². The average Bonchev–Trinajstić information content (AvgIpc) is 3.48. The molecular weight excluding hydrogens is 358 g/mol. The number of benzene rings is 1. The van der Waals surface area contributed by atoms with Gasteiger partial charge in [-0.15, -0.1) is 0 Å². The monoisotopic (exact) mass is 391 g/mol. The Morgan fingerprint density at radius 1 is 1.11 bits per heavy atom. The van der Waals surface area contributed by atoms with E-state index in [2.05, 4.69) is 46.4 Å². The summed E-state index contributed by atoms with van der Waals surface area (Å²) in [5.41, 5.74) is 1.51. The number of rotatable bonds is 8. The maximum Gasteiger partial charge on any atom is 0.191 e. The number of aliphatic imine (C=N–C) groups is 1. The molecular formula is C21H34ClN5. The van der Waals surface area contributed by atoms with E-state index in [1.807, 2.05) is 12.1 Å². The van der Waals surface area contributed by atoms with Gasteiger partial charge in [0.15, 0.2) is 5.96 Å². The molecule has 2 fully saturated rings. The Hall–Kier alpha value is -1.30. The van der Waals surface area contributed by atoms with Crippen LogP contribution >= 0.6 is 11.6 Å². The van der Waals surface area contributed by atoms with Crippen LogP contribution in [0.25, 0.3) is 0 Å². The molecule has 1 aromatic rings. The number of halogens is 1. The van der Waals surface area contributed by atoms with Gasteiger partial charge in [0.2, 0.25) is 0 Å². The first kappa shape index (κ1) is 20.4. The molecule has 1 saturated carbocycles. The van der Waals surface area contributed by atoms with E-state index in [1.54, 1.807) is 0 Å². The molecule has 0 amide bonds. The van der Waals surface area contributed by atoms with Crippen LogP contribution in [0.2, 0.25) is 5.02 Å². The number of nitrogens with one attached hydrogen (secondary N) is 2. The van der Waals surface area contributed by atoms with Gasteiger partial charge in [-0.1, -0.05) is 30.7 Å². The zero-order valence-electron chi connectivity index (χ0n) is 16.8. The molecule has 0 bridgehead atoms. The molecule has 5 nitrogen and oxygen atoms in total. The molecule has 1 heterocycles. The highest BCUT2D eigenvalue weighted by Crippen LogP contribution is 2.48. The summed E-state index contributed by atoms with van der Waals surface area (Å²) in [5, 5.41) is 7.72. The van der Waals surface area contributed by atoms with Crippen LogP contribution in [0.15, 0.2) is 29.3 Å². The van der Waals surface area contributed by atoms with Crippen molar-refractivity contribution >= 4 is 17.6 Å². The predicted molar refractivity (Wildman–Crippen MR) is 115 cm³/mol. The van der Waals surface area contributed by atoms with Crippen molar-refractivity contribution in [3.8, 4) is 0 Å². The highest BCUT2D eigenvalue weighted by Gasteiger charge is 2.44. The van der Waals surface area contributed by atoms with E-state index in [0.717, 1.165) is 43.7 Å². The molecule has 1 saturated heterocycles. The molecule has 0 unspecified atom stereocenters. The Balaban J connectivity index is 1.48. The Morgan fingerprint density at radius 2 is 1.85 bits per heavy atom. The lowest BCUT2D eigenvalue weighted by Gasteiger charge is -2.34. The van der Waals surface area contributed by atoms with Crippen LogP contribution < -0.4 is 10.6 Å². The van der Waals surface area contributed by atoms with E-state index in [-0.39, 0.29) is 5.41 Å². The third kappa shape index (κ3) is 5.84. The van der Waals surface area contributed by atoms with Gasteiger partial charge in [0.25, 0.3) is 0 Å². The summed E-state index contributed by atoms with van der Waals surface area (Å²) in [6.45, 7) is 13.9. The van der Waals surface area contributed by atoms with Crippen molar-refractivity contribution < 1.29 is 0 Å². The zero-order valence-corrected chi connectivity index (χ0v) is 17.6.